The maximum atomic E-state index is 4.99. The zero-order chi connectivity index (χ0) is 24.2. The second-order valence-electron chi connectivity index (χ2n) is 9.67. The summed E-state index contributed by atoms with van der Waals surface area (Å²) in [4.78, 5) is 7.63. The number of anilines is 1. The van der Waals surface area contributed by atoms with Crippen molar-refractivity contribution in [3.63, 3.8) is 0 Å². The Balaban J connectivity index is 1.21. The third-order valence-electron chi connectivity index (χ3n) is 7.30. The van der Waals surface area contributed by atoms with Gasteiger partial charge in [-0.1, -0.05) is 103 Å². The molecule has 0 amide bonds. The largest absolute Gasteiger partial charge is 0.353 e. The van der Waals surface area contributed by atoms with Gasteiger partial charge < -0.3 is 9.88 Å². The Morgan fingerprint density at radius 1 is 0.694 bits per heavy atom. The fourth-order valence-electron chi connectivity index (χ4n) is 5.48. The van der Waals surface area contributed by atoms with Crippen LogP contribution in [0.2, 0.25) is 0 Å². The number of aromatic nitrogens is 2. The van der Waals surface area contributed by atoms with Crippen molar-refractivity contribution in [2.24, 2.45) is 0 Å². The van der Waals surface area contributed by atoms with Gasteiger partial charge in [0.25, 0.3) is 0 Å². The van der Waals surface area contributed by atoms with Gasteiger partial charge in [0, 0.05) is 19.1 Å². The Labute approximate surface area is 213 Å². The van der Waals surface area contributed by atoms with Crippen LogP contribution in [0.25, 0.3) is 11.0 Å². The molecule has 6 rings (SSSR count). The van der Waals surface area contributed by atoms with Crippen LogP contribution in [-0.4, -0.2) is 33.6 Å². The fraction of sp³-hybridized carbons (Fsp3) is 0.219. The second-order valence-corrected chi connectivity index (χ2v) is 9.67. The minimum absolute atomic E-state index is 0.288. The first-order valence-corrected chi connectivity index (χ1v) is 12.9. The molecule has 0 saturated carbocycles. The molecule has 0 bridgehead atoms. The van der Waals surface area contributed by atoms with Gasteiger partial charge in [0.2, 0.25) is 5.95 Å². The number of rotatable bonds is 7. The standard InChI is InChI=1S/C32H32N4/c1-4-12-25(13-5-1)24-36-30-19-11-10-18-29(30)34-32(36)33-28-20-22-35(23-21-28)31(26-14-6-2-7-15-26)27-16-8-3-9-17-27/h1-19,28,31H,20-24H2,(H,33,34). The summed E-state index contributed by atoms with van der Waals surface area (Å²) in [5.41, 5.74) is 6.22. The average molecular weight is 473 g/mol. The van der Waals surface area contributed by atoms with Crippen molar-refractivity contribution in [1.29, 1.82) is 0 Å². The van der Waals surface area contributed by atoms with Gasteiger partial charge in [-0.25, -0.2) is 4.98 Å². The van der Waals surface area contributed by atoms with E-state index in [0.29, 0.717) is 6.04 Å². The van der Waals surface area contributed by atoms with Crippen LogP contribution in [0.1, 0.15) is 35.6 Å². The summed E-state index contributed by atoms with van der Waals surface area (Å²) in [6.07, 6.45) is 2.18. The molecule has 1 fully saturated rings. The van der Waals surface area contributed by atoms with Crippen LogP contribution < -0.4 is 5.32 Å². The van der Waals surface area contributed by atoms with E-state index >= 15 is 0 Å². The molecule has 1 saturated heterocycles. The van der Waals surface area contributed by atoms with E-state index in [1.54, 1.807) is 0 Å². The number of hydrogen-bond donors (Lipinski definition) is 1. The first-order chi connectivity index (χ1) is 17.8. The Kier molecular flexibility index (Phi) is 6.51. The van der Waals surface area contributed by atoms with Gasteiger partial charge in [0.05, 0.1) is 23.6 Å². The van der Waals surface area contributed by atoms with E-state index in [0.717, 1.165) is 43.9 Å². The predicted molar refractivity (Wildman–Crippen MR) is 148 cm³/mol. The zero-order valence-corrected chi connectivity index (χ0v) is 20.5. The number of para-hydroxylation sites is 2. The number of piperidine rings is 1. The van der Waals surface area contributed by atoms with Crippen molar-refractivity contribution in [1.82, 2.24) is 14.5 Å². The van der Waals surface area contributed by atoms with E-state index in [2.05, 4.69) is 130 Å². The van der Waals surface area contributed by atoms with Crippen LogP contribution in [0.4, 0.5) is 5.95 Å². The molecule has 0 spiro atoms. The molecule has 0 atom stereocenters. The highest BCUT2D eigenvalue weighted by molar-refractivity contribution is 5.78. The van der Waals surface area contributed by atoms with Crippen molar-refractivity contribution in [3.05, 3.63) is 132 Å². The molecule has 1 aliphatic rings. The predicted octanol–water partition coefficient (Wildman–Crippen LogP) is 6.75. The van der Waals surface area contributed by atoms with Gasteiger partial charge >= 0.3 is 0 Å². The number of likely N-dealkylation sites (tertiary alicyclic amines) is 1. The van der Waals surface area contributed by atoms with Crippen molar-refractivity contribution in [2.75, 3.05) is 18.4 Å². The third-order valence-corrected chi connectivity index (χ3v) is 7.30. The zero-order valence-electron chi connectivity index (χ0n) is 20.5. The normalized spacial score (nSPS) is 14.9. The van der Waals surface area contributed by atoms with E-state index in [9.17, 15) is 0 Å². The lowest BCUT2D eigenvalue weighted by Crippen LogP contribution is -2.41. The maximum absolute atomic E-state index is 4.99. The minimum atomic E-state index is 0.288. The molecular formula is C32H32N4. The summed E-state index contributed by atoms with van der Waals surface area (Å²) >= 11 is 0. The highest BCUT2D eigenvalue weighted by Crippen LogP contribution is 2.32. The van der Waals surface area contributed by atoms with Gasteiger partial charge in [0.1, 0.15) is 0 Å². The summed E-state index contributed by atoms with van der Waals surface area (Å²) < 4.78 is 2.33. The van der Waals surface area contributed by atoms with Gasteiger partial charge in [-0.05, 0) is 41.7 Å². The van der Waals surface area contributed by atoms with Gasteiger partial charge in [-0.2, -0.15) is 0 Å². The lowest BCUT2D eigenvalue weighted by atomic mass is 9.94. The molecule has 0 radical (unpaired) electrons. The van der Waals surface area contributed by atoms with Crippen LogP contribution in [0.15, 0.2) is 115 Å². The summed E-state index contributed by atoms with van der Waals surface area (Å²) in [5, 5.41) is 3.82. The monoisotopic (exact) mass is 472 g/mol. The van der Waals surface area contributed by atoms with E-state index in [1.807, 2.05) is 0 Å². The topological polar surface area (TPSA) is 33.1 Å². The lowest BCUT2D eigenvalue weighted by molar-refractivity contribution is 0.179. The SMILES string of the molecule is c1ccc(Cn2c(NC3CCN(C(c4ccccc4)c4ccccc4)CC3)nc3ccccc32)cc1. The second kappa shape index (κ2) is 10.4. The van der Waals surface area contributed by atoms with Gasteiger partial charge in [-0.15, -0.1) is 0 Å². The van der Waals surface area contributed by atoms with Crippen LogP contribution in [0, 0.1) is 0 Å². The number of nitrogens with one attached hydrogen (secondary N) is 1. The van der Waals surface area contributed by atoms with Crippen LogP contribution >= 0.6 is 0 Å². The highest BCUT2D eigenvalue weighted by Gasteiger charge is 2.28. The minimum Gasteiger partial charge on any atom is -0.353 e. The van der Waals surface area contributed by atoms with Gasteiger partial charge in [0.15, 0.2) is 0 Å². The molecule has 1 aromatic heterocycles. The molecule has 2 heterocycles. The Hall–Kier alpha value is -3.89. The fourth-order valence-corrected chi connectivity index (χ4v) is 5.48. The van der Waals surface area contributed by atoms with Crippen molar-refractivity contribution >= 4 is 17.0 Å². The average Bonchev–Trinajstić information content (AvgIpc) is 3.28. The maximum Gasteiger partial charge on any atom is 0.204 e. The highest BCUT2D eigenvalue weighted by atomic mass is 15.2. The number of benzene rings is 4. The van der Waals surface area contributed by atoms with Crippen LogP contribution in [-0.2, 0) is 6.54 Å². The quantitative estimate of drug-likeness (QED) is 0.284. The lowest BCUT2D eigenvalue weighted by Gasteiger charge is -2.38. The molecule has 0 aliphatic carbocycles. The number of nitrogens with zero attached hydrogens (tertiary/aromatic N) is 3. The molecular weight excluding hydrogens is 440 g/mol. The van der Waals surface area contributed by atoms with Gasteiger partial charge in [-0.3, -0.25) is 4.90 Å². The Morgan fingerprint density at radius 3 is 1.89 bits per heavy atom. The Morgan fingerprint density at radius 2 is 1.25 bits per heavy atom. The molecule has 5 aromatic rings. The van der Waals surface area contributed by atoms with E-state index in [-0.39, 0.29) is 6.04 Å². The van der Waals surface area contributed by atoms with Crippen molar-refractivity contribution < 1.29 is 0 Å². The number of imidazole rings is 1. The summed E-state index contributed by atoms with van der Waals surface area (Å²) in [5.74, 6) is 0.973. The third kappa shape index (κ3) is 4.77. The van der Waals surface area contributed by atoms with Crippen LogP contribution in [0.3, 0.4) is 0 Å². The Bertz CT molecular complexity index is 1350. The molecule has 0 unspecified atom stereocenters. The smallest absolute Gasteiger partial charge is 0.204 e. The molecule has 4 aromatic carbocycles. The first-order valence-electron chi connectivity index (χ1n) is 12.9. The molecule has 36 heavy (non-hydrogen) atoms. The summed E-state index contributed by atoms with van der Waals surface area (Å²) in [6.45, 7) is 2.91. The van der Waals surface area contributed by atoms with E-state index in [4.69, 9.17) is 4.98 Å². The number of fused-ring (bicyclic) bond motifs is 1. The molecule has 1 N–H and O–H groups in total. The van der Waals surface area contributed by atoms with E-state index in [1.165, 1.54) is 22.2 Å². The molecule has 180 valence electrons. The summed E-state index contributed by atoms with van der Waals surface area (Å²) in [6, 6.07) is 41.6. The number of hydrogen-bond acceptors (Lipinski definition) is 3. The first kappa shape index (κ1) is 22.6. The molecule has 4 heteroatoms. The molecule has 1 aliphatic heterocycles. The summed E-state index contributed by atoms with van der Waals surface area (Å²) in [7, 11) is 0. The molecule has 4 nitrogen and oxygen atoms in total. The van der Waals surface area contributed by atoms with Crippen molar-refractivity contribution in [3.8, 4) is 0 Å². The van der Waals surface area contributed by atoms with Crippen molar-refractivity contribution in [2.45, 2.75) is 31.5 Å². The van der Waals surface area contributed by atoms with Crippen LogP contribution in [0.5, 0.6) is 0 Å². The van der Waals surface area contributed by atoms with E-state index < -0.39 is 0 Å².